The Balaban J connectivity index is 2.24. The van der Waals surface area contributed by atoms with Gasteiger partial charge in [0.15, 0.2) is 0 Å². The third-order valence-electron chi connectivity index (χ3n) is 3.54. The summed E-state index contributed by atoms with van der Waals surface area (Å²) in [7, 11) is 0. The second-order valence-electron chi connectivity index (χ2n) is 4.78. The summed E-state index contributed by atoms with van der Waals surface area (Å²) in [6.07, 6.45) is 0. The molecule has 0 fully saturated rings. The van der Waals surface area contributed by atoms with Crippen molar-refractivity contribution in [2.24, 2.45) is 0 Å². The zero-order valence-electron chi connectivity index (χ0n) is 11.1. The van der Waals surface area contributed by atoms with E-state index < -0.39 is 13.6 Å². The second-order valence-corrected chi connectivity index (χ2v) is 11.3. The molecule has 0 unspecified atom stereocenters. The van der Waals surface area contributed by atoms with Gasteiger partial charge in [-0.25, -0.2) is 0 Å². The Kier molecular flexibility index (Phi) is 3.72. The van der Waals surface area contributed by atoms with Crippen molar-refractivity contribution in [2.45, 2.75) is 0 Å². The first kappa shape index (κ1) is 13.2. The topological polar surface area (TPSA) is 19.9 Å². The molecule has 0 N–H and O–H groups in total. The molecule has 3 aromatic rings. The van der Waals surface area contributed by atoms with Gasteiger partial charge < -0.3 is 0 Å². The molecular formula is C18H15GeO. The maximum absolute atomic E-state index is 13.9. The van der Waals surface area contributed by atoms with E-state index in [-0.39, 0.29) is 0 Å². The monoisotopic (exact) mass is 321 g/mol. The van der Waals surface area contributed by atoms with Gasteiger partial charge in [-0.2, -0.15) is 0 Å². The molecule has 0 aliphatic carbocycles. The van der Waals surface area contributed by atoms with Gasteiger partial charge in [0.25, 0.3) is 0 Å². The van der Waals surface area contributed by atoms with Crippen LogP contribution in [0.4, 0.5) is 0 Å². The summed E-state index contributed by atoms with van der Waals surface area (Å²) in [5.41, 5.74) is 0. The van der Waals surface area contributed by atoms with Crippen LogP contribution in [0, 0.1) is 0 Å². The molecule has 0 spiro atoms. The third-order valence-corrected chi connectivity index (χ3v) is 10.8. The Hall–Kier alpha value is -1.84. The summed E-state index contributed by atoms with van der Waals surface area (Å²) >= 11 is -3.74. The SMILES string of the molecule is [O][Ge]([c]1ccccc1)([c]1ccccc1)[c]1ccccc1. The van der Waals surface area contributed by atoms with Crippen LogP contribution in [0.15, 0.2) is 91.0 Å². The number of hydrogen-bond donors (Lipinski definition) is 0. The first-order chi connectivity index (χ1) is 9.82. The van der Waals surface area contributed by atoms with E-state index in [1.165, 1.54) is 0 Å². The van der Waals surface area contributed by atoms with Crippen LogP contribution in [-0.4, -0.2) is 13.6 Å². The van der Waals surface area contributed by atoms with Crippen molar-refractivity contribution >= 4 is 26.8 Å². The van der Waals surface area contributed by atoms with Gasteiger partial charge in [0, 0.05) is 0 Å². The van der Waals surface area contributed by atoms with Crippen molar-refractivity contribution in [1.82, 2.24) is 0 Å². The summed E-state index contributed by atoms with van der Waals surface area (Å²) in [5.74, 6) is 0. The molecular weight excluding hydrogens is 305 g/mol. The molecule has 0 aliphatic heterocycles. The van der Waals surface area contributed by atoms with Gasteiger partial charge >= 0.3 is 122 Å². The Labute approximate surface area is 122 Å². The minimum absolute atomic E-state index is 0.949. The molecule has 0 saturated heterocycles. The predicted octanol–water partition coefficient (Wildman–Crippen LogP) is 2.08. The Bertz CT molecular complexity index is 569. The molecule has 3 rings (SSSR count). The van der Waals surface area contributed by atoms with E-state index in [2.05, 4.69) is 0 Å². The fourth-order valence-corrected chi connectivity index (χ4v) is 8.78. The van der Waals surface area contributed by atoms with Crippen LogP contribution in [0.25, 0.3) is 0 Å². The molecule has 3 aromatic carbocycles. The zero-order valence-corrected chi connectivity index (χ0v) is 13.2. The van der Waals surface area contributed by atoms with Gasteiger partial charge in [-0.15, -0.1) is 0 Å². The Morgan fingerprint density at radius 2 is 0.700 bits per heavy atom. The summed E-state index contributed by atoms with van der Waals surface area (Å²) in [5, 5.41) is 0. The normalized spacial score (nSPS) is 11.2. The van der Waals surface area contributed by atoms with Gasteiger partial charge in [0.1, 0.15) is 0 Å². The van der Waals surface area contributed by atoms with Gasteiger partial charge in [-0.1, -0.05) is 0 Å². The molecule has 0 atom stereocenters. The molecule has 0 saturated carbocycles. The van der Waals surface area contributed by atoms with Crippen molar-refractivity contribution in [3.63, 3.8) is 0 Å². The van der Waals surface area contributed by atoms with E-state index in [1.807, 2.05) is 91.0 Å². The predicted molar refractivity (Wildman–Crippen MR) is 84.7 cm³/mol. The van der Waals surface area contributed by atoms with E-state index >= 15 is 0 Å². The molecule has 0 aliphatic rings. The van der Waals surface area contributed by atoms with E-state index in [1.54, 1.807) is 0 Å². The fourth-order valence-electron chi connectivity index (χ4n) is 2.52. The van der Waals surface area contributed by atoms with E-state index in [0.717, 1.165) is 13.2 Å². The molecule has 1 nitrogen and oxygen atoms in total. The van der Waals surface area contributed by atoms with Crippen LogP contribution in [0.2, 0.25) is 0 Å². The molecule has 97 valence electrons. The van der Waals surface area contributed by atoms with Crippen LogP contribution in [0.5, 0.6) is 0 Å². The average Bonchev–Trinajstić information content (AvgIpc) is 2.56. The van der Waals surface area contributed by atoms with Gasteiger partial charge in [0.05, 0.1) is 0 Å². The minimum atomic E-state index is -3.74. The fraction of sp³-hybridized carbons (Fsp3) is 0. The van der Waals surface area contributed by atoms with Crippen molar-refractivity contribution in [3.8, 4) is 0 Å². The van der Waals surface area contributed by atoms with Crippen LogP contribution in [0.1, 0.15) is 0 Å². The molecule has 2 heteroatoms. The molecule has 1 radical (unpaired) electrons. The van der Waals surface area contributed by atoms with Crippen molar-refractivity contribution in [1.29, 1.82) is 0 Å². The standard InChI is InChI=1S/C18H15GeO/c20-19(16-10-4-1-5-11-16,17-12-6-2-7-13-17)18-14-8-3-9-15-18/h1-15H. The van der Waals surface area contributed by atoms with Crippen molar-refractivity contribution < 1.29 is 4.13 Å². The maximum atomic E-state index is 13.9. The summed E-state index contributed by atoms with van der Waals surface area (Å²) < 4.78 is 16.7. The number of benzene rings is 3. The molecule has 0 aromatic heterocycles. The van der Waals surface area contributed by atoms with E-state index in [0.29, 0.717) is 0 Å². The Morgan fingerprint density at radius 1 is 0.450 bits per heavy atom. The van der Waals surface area contributed by atoms with Crippen LogP contribution >= 0.6 is 0 Å². The van der Waals surface area contributed by atoms with Gasteiger partial charge in [-0.3, -0.25) is 0 Å². The molecule has 0 heterocycles. The summed E-state index contributed by atoms with van der Waals surface area (Å²) in [6, 6.07) is 29.5. The van der Waals surface area contributed by atoms with Gasteiger partial charge in [-0.05, 0) is 0 Å². The molecule has 0 amide bonds. The molecule has 20 heavy (non-hydrogen) atoms. The van der Waals surface area contributed by atoms with Crippen LogP contribution in [-0.2, 0) is 4.13 Å². The quantitative estimate of drug-likeness (QED) is 0.659. The third kappa shape index (κ3) is 2.30. The summed E-state index contributed by atoms with van der Waals surface area (Å²) in [6.45, 7) is 0. The van der Waals surface area contributed by atoms with E-state index in [9.17, 15) is 4.13 Å². The second kappa shape index (κ2) is 5.65. The molecule has 0 bridgehead atoms. The van der Waals surface area contributed by atoms with Crippen molar-refractivity contribution in [3.05, 3.63) is 91.0 Å². The summed E-state index contributed by atoms with van der Waals surface area (Å²) in [4.78, 5) is 0. The first-order valence-electron chi connectivity index (χ1n) is 6.69. The van der Waals surface area contributed by atoms with Crippen LogP contribution < -0.4 is 13.2 Å². The zero-order chi connectivity index (χ0) is 13.8. The number of hydrogen-bond acceptors (Lipinski definition) is 0. The van der Waals surface area contributed by atoms with Crippen LogP contribution in [0.3, 0.4) is 0 Å². The first-order valence-corrected chi connectivity index (χ1v) is 10.7. The number of rotatable bonds is 3. The average molecular weight is 320 g/mol. The van der Waals surface area contributed by atoms with E-state index in [4.69, 9.17) is 0 Å². The van der Waals surface area contributed by atoms with Gasteiger partial charge in [0.2, 0.25) is 0 Å². The van der Waals surface area contributed by atoms with Crippen molar-refractivity contribution in [2.75, 3.05) is 0 Å². The Morgan fingerprint density at radius 3 is 0.950 bits per heavy atom.